The maximum Gasteiger partial charge on any atom is 0.136 e. The Morgan fingerprint density at radius 1 is 1.33 bits per heavy atom. The molecule has 0 spiro atoms. The monoisotopic (exact) mass is 209 g/mol. The van der Waals surface area contributed by atoms with Crippen LogP contribution in [0.25, 0.3) is 0 Å². The molecule has 2 aliphatic rings. The standard InChI is InChI=1S/C13H23NO/c1-10-4-3-8-14(11(10)2)9-7-12-5-6-13(12)15/h10-12H,3-9H2,1-2H3. The van der Waals surface area contributed by atoms with E-state index in [9.17, 15) is 4.79 Å². The number of carbonyl (C=O) groups excluding carboxylic acids is 1. The molecule has 0 aromatic rings. The molecule has 0 aromatic heterocycles. The van der Waals surface area contributed by atoms with Crippen LogP contribution in [0.4, 0.5) is 0 Å². The van der Waals surface area contributed by atoms with Crippen molar-refractivity contribution in [2.24, 2.45) is 11.8 Å². The van der Waals surface area contributed by atoms with Crippen molar-refractivity contribution in [1.29, 1.82) is 0 Å². The van der Waals surface area contributed by atoms with Gasteiger partial charge in [0.25, 0.3) is 0 Å². The third kappa shape index (κ3) is 2.41. The van der Waals surface area contributed by atoms with E-state index >= 15 is 0 Å². The second kappa shape index (κ2) is 4.65. The minimum absolute atomic E-state index is 0.412. The van der Waals surface area contributed by atoms with E-state index in [1.165, 1.54) is 19.4 Å². The Bertz CT molecular complexity index is 239. The maximum atomic E-state index is 11.2. The summed E-state index contributed by atoms with van der Waals surface area (Å²) in [6, 6.07) is 0.717. The largest absolute Gasteiger partial charge is 0.300 e. The van der Waals surface area contributed by atoms with Gasteiger partial charge in [0.15, 0.2) is 0 Å². The van der Waals surface area contributed by atoms with Crippen LogP contribution in [0.3, 0.4) is 0 Å². The first-order valence-electron chi connectivity index (χ1n) is 6.45. The fraction of sp³-hybridized carbons (Fsp3) is 0.923. The number of piperidine rings is 1. The number of likely N-dealkylation sites (tertiary alicyclic amines) is 1. The lowest BCUT2D eigenvalue weighted by atomic mass is 9.81. The molecule has 1 aliphatic carbocycles. The molecule has 3 unspecified atom stereocenters. The fourth-order valence-electron chi connectivity index (χ4n) is 2.83. The van der Waals surface area contributed by atoms with Crippen molar-refractivity contribution < 1.29 is 4.79 Å². The van der Waals surface area contributed by atoms with Gasteiger partial charge in [0.1, 0.15) is 5.78 Å². The van der Waals surface area contributed by atoms with E-state index in [0.29, 0.717) is 17.7 Å². The highest BCUT2D eigenvalue weighted by Gasteiger charge is 2.30. The van der Waals surface area contributed by atoms with Gasteiger partial charge in [-0.1, -0.05) is 6.92 Å². The normalized spacial score (nSPS) is 37.7. The van der Waals surface area contributed by atoms with Crippen LogP contribution in [0.5, 0.6) is 0 Å². The third-order valence-electron chi connectivity index (χ3n) is 4.46. The Hall–Kier alpha value is -0.370. The molecule has 1 aliphatic heterocycles. The summed E-state index contributed by atoms with van der Waals surface area (Å²) >= 11 is 0. The topological polar surface area (TPSA) is 20.3 Å². The molecule has 2 heteroatoms. The molecule has 0 amide bonds. The molecule has 2 rings (SSSR count). The first kappa shape index (κ1) is 11.1. The van der Waals surface area contributed by atoms with Crippen LogP contribution >= 0.6 is 0 Å². The fourth-order valence-corrected chi connectivity index (χ4v) is 2.83. The predicted molar refractivity (Wildman–Crippen MR) is 61.8 cm³/mol. The Balaban J connectivity index is 1.75. The lowest BCUT2D eigenvalue weighted by molar-refractivity contribution is -0.129. The average molecular weight is 209 g/mol. The minimum Gasteiger partial charge on any atom is -0.300 e. The van der Waals surface area contributed by atoms with Crippen molar-refractivity contribution in [3.05, 3.63) is 0 Å². The zero-order valence-electron chi connectivity index (χ0n) is 10.0. The van der Waals surface area contributed by atoms with Gasteiger partial charge in [-0.25, -0.2) is 0 Å². The van der Waals surface area contributed by atoms with Gasteiger partial charge in [-0.15, -0.1) is 0 Å². The van der Waals surface area contributed by atoms with Crippen molar-refractivity contribution in [3.8, 4) is 0 Å². The third-order valence-corrected chi connectivity index (χ3v) is 4.46. The summed E-state index contributed by atoms with van der Waals surface area (Å²) in [5, 5.41) is 0. The zero-order chi connectivity index (χ0) is 10.8. The second-order valence-electron chi connectivity index (χ2n) is 5.39. The van der Waals surface area contributed by atoms with E-state index < -0.39 is 0 Å². The van der Waals surface area contributed by atoms with Crippen molar-refractivity contribution in [1.82, 2.24) is 4.90 Å². The van der Waals surface area contributed by atoms with Gasteiger partial charge < -0.3 is 4.90 Å². The van der Waals surface area contributed by atoms with Gasteiger partial charge >= 0.3 is 0 Å². The number of ketones is 1. The average Bonchev–Trinajstić information content (AvgIpc) is 2.22. The Labute approximate surface area is 93.0 Å². The van der Waals surface area contributed by atoms with E-state index in [1.54, 1.807) is 0 Å². The van der Waals surface area contributed by atoms with E-state index in [2.05, 4.69) is 18.7 Å². The van der Waals surface area contributed by atoms with Crippen molar-refractivity contribution in [2.75, 3.05) is 13.1 Å². The molecule has 1 heterocycles. The summed E-state index contributed by atoms with van der Waals surface area (Å²) in [6.07, 6.45) is 5.81. The Morgan fingerprint density at radius 3 is 2.73 bits per heavy atom. The lowest BCUT2D eigenvalue weighted by Gasteiger charge is -2.39. The highest BCUT2D eigenvalue weighted by molar-refractivity contribution is 5.86. The molecule has 1 saturated carbocycles. The zero-order valence-corrected chi connectivity index (χ0v) is 10.0. The summed E-state index contributed by atoms with van der Waals surface area (Å²) in [6.45, 7) is 7.08. The number of hydrogen-bond donors (Lipinski definition) is 0. The maximum absolute atomic E-state index is 11.2. The predicted octanol–water partition coefficient (Wildman–Crippen LogP) is 2.48. The van der Waals surface area contributed by atoms with Crippen molar-refractivity contribution in [3.63, 3.8) is 0 Å². The molecule has 0 bridgehead atoms. The minimum atomic E-state index is 0.412. The number of hydrogen-bond acceptors (Lipinski definition) is 2. The van der Waals surface area contributed by atoms with E-state index in [0.717, 1.165) is 31.7 Å². The number of Topliss-reactive ketones (excluding diaryl/α,β-unsaturated/α-hetero) is 1. The summed E-state index contributed by atoms with van der Waals surface area (Å²) in [5.74, 6) is 1.75. The SMILES string of the molecule is CC1CCCN(CCC2CCC2=O)C1C. The molecular weight excluding hydrogens is 186 g/mol. The highest BCUT2D eigenvalue weighted by atomic mass is 16.1. The number of nitrogens with zero attached hydrogens (tertiary/aromatic N) is 1. The number of carbonyl (C=O) groups is 1. The van der Waals surface area contributed by atoms with Gasteiger partial charge in [-0.05, 0) is 51.6 Å². The quantitative estimate of drug-likeness (QED) is 0.711. The molecule has 0 N–H and O–H groups in total. The molecule has 3 atom stereocenters. The van der Waals surface area contributed by atoms with E-state index in [1.807, 2.05) is 0 Å². The van der Waals surface area contributed by atoms with Gasteiger partial charge in [-0.3, -0.25) is 4.79 Å². The summed E-state index contributed by atoms with van der Waals surface area (Å²) in [7, 11) is 0. The smallest absolute Gasteiger partial charge is 0.136 e. The molecule has 2 fully saturated rings. The highest BCUT2D eigenvalue weighted by Crippen LogP contribution is 2.28. The Morgan fingerprint density at radius 2 is 2.13 bits per heavy atom. The summed E-state index contributed by atoms with van der Waals surface area (Å²) < 4.78 is 0. The van der Waals surface area contributed by atoms with Gasteiger partial charge in [0.2, 0.25) is 0 Å². The van der Waals surface area contributed by atoms with Crippen LogP contribution < -0.4 is 0 Å². The number of rotatable bonds is 3. The first-order chi connectivity index (χ1) is 7.18. The molecule has 86 valence electrons. The summed E-state index contributed by atoms with van der Waals surface area (Å²) in [4.78, 5) is 13.8. The molecule has 15 heavy (non-hydrogen) atoms. The van der Waals surface area contributed by atoms with Crippen LogP contribution in [0.1, 0.15) is 46.0 Å². The van der Waals surface area contributed by atoms with Crippen molar-refractivity contribution >= 4 is 5.78 Å². The van der Waals surface area contributed by atoms with Crippen LogP contribution in [-0.2, 0) is 4.79 Å². The van der Waals surface area contributed by atoms with Gasteiger partial charge in [0, 0.05) is 18.4 Å². The summed E-state index contributed by atoms with van der Waals surface area (Å²) in [5.41, 5.74) is 0. The van der Waals surface area contributed by atoms with E-state index in [-0.39, 0.29) is 0 Å². The molecule has 0 radical (unpaired) electrons. The van der Waals surface area contributed by atoms with Crippen molar-refractivity contribution in [2.45, 2.75) is 52.0 Å². The lowest BCUT2D eigenvalue weighted by Crippen LogP contribution is -2.44. The van der Waals surface area contributed by atoms with Crippen LogP contribution in [0.15, 0.2) is 0 Å². The van der Waals surface area contributed by atoms with E-state index in [4.69, 9.17) is 0 Å². The molecular formula is C13H23NO. The Kier molecular flexibility index (Phi) is 3.45. The van der Waals surface area contributed by atoms with Crippen LogP contribution in [-0.4, -0.2) is 29.8 Å². The molecule has 2 nitrogen and oxygen atoms in total. The molecule has 1 saturated heterocycles. The molecule has 0 aromatic carbocycles. The van der Waals surface area contributed by atoms with Gasteiger partial charge in [-0.2, -0.15) is 0 Å². The van der Waals surface area contributed by atoms with Gasteiger partial charge in [0.05, 0.1) is 0 Å². The second-order valence-corrected chi connectivity index (χ2v) is 5.39. The first-order valence-corrected chi connectivity index (χ1v) is 6.45. The van der Waals surface area contributed by atoms with Crippen LogP contribution in [0.2, 0.25) is 0 Å². The van der Waals surface area contributed by atoms with Crippen LogP contribution in [0, 0.1) is 11.8 Å².